The largest absolute Gasteiger partial charge is 0.455 e. The molecule has 0 spiro atoms. The van der Waals surface area contributed by atoms with E-state index < -0.39 is 35.5 Å². The van der Waals surface area contributed by atoms with Gasteiger partial charge in [-0.1, -0.05) is 48.5 Å². The Morgan fingerprint density at radius 1 is 1.03 bits per heavy atom. The maximum atomic E-state index is 13.2. The molecule has 2 amide bonds. The zero-order chi connectivity index (χ0) is 26.4. The number of halogens is 3. The predicted octanol–water partition coefficient (Wildman–Crippen LogP) is 5.12. The minimum atomic E-state index is -4.63. The van der Waals surface area contributed by atoms with Gasteiger partial charge in [-0.2, -0.15) is 23.3 Å². The molecule has 0 aliphatic carbocycles. The molecule has 1 aliphatic heterocycles. The molecular weight excluding hydrogens is 507 g/mol. The minimum Gasteiger partial charge on any atom is -0.455 e. The van der Waals surface area contributed by atoms with Crippen LogP contribution in [-0.4, -0.2) is 35.9 Å². The summed E-state index contributed by atoms with van der Waals surface area (Å²) in [5.41, 5.74) is 0.132. The van der Waals surface area contributed by atoms with Crippen LogP contribution in [0, 0.1) is 0 Å². The lowest BCUT2D eigenvalue weighted by atomic mass is 10.2. The lowest BCUT2D eigenvalue weighted by Gasteiger charge is -2.23. The molecule has 0 fully saturated rings. The van der Waals surface area contributed by atoms with Gasteiger partial charge < -0.3 is 10.1 Å². The van der Waals surface area contributed by atoms with E-state index in [4.69, 9.17) is 4.74 Å². The van der Waals surface area contributed by atoms with Crippen LogP contribution in [0.4, 0.5) is 24.5 Å². The summed E-state index contributed by atoms with van der Waals surface area (Å²) in [7, 11) is 0. The topological polar surface area (TPSA) is 88.1 Å². The number of anilines is 2. The van der Waals surface area contributed by atoms with Crippen molar-refractivity contribution in [3.63, 3.8) is 0 Å². The van der Waals surface area contributed by atoms with E-state index in [2.05, 4.69) is 10.4 Å². The van der Waals surface area contributed by atoms with E-state index in [1.807, 2.05) is 0 Å². The van der Waals surface area contributed by atoms with E-state index >= 15 is 0 Å². The first kappa shape index (κ1) is 26.0. The molecular formula is C26H20F3N3O4S. The molecule has 11 heteroatoms. The van der Waals surface area contributed by atoms with Crippen molar-refractivity contribution in [2.24, 2.45) is 5.10 Å². The van der Waals surface area contributed by atoms with Gasteiger partial charge in [0.15, 0.2) is 6.61 Å². The smallest absolute Gasteiger partial charge is 0.416 e. The zero-order valence-electron chi connectivity index (χ0n) is 19.1. The van der Waals surface area contributed by atoms with Gasteiger partial charge in [0.2, 0.25) is 5.91 Å². The predicted molar refractivity (Wildman–Crippen MR) is 133 cm³/mol. The Balaban J connectivity index is 1.46. The Morgan fingerprint density at radius 3 is 2.51 bits per heavy atom. The summed E-state index contributed by atoms with van der Waals surface area (Å²) in [4.78, 5) is 38.5. The summed E-state index contributed by atoms with van der Waals surface area (Å²) in [6.07, 6.45) is -3.62. The molecule has 1 N–H and O–H groups in total. The van der Waals surface area contributed by atoms with E-state index in [1.165, 1.54) is 24.0 Å². The number of thioether (sulfide) groups is 1. The van der Waals surface area contributed by atoms with Crippen LogP contribution in [0.5, 0.6) is 0 Å². The number of alkyl halides is 3. The minimum absolute atomic E-state index is 0.151. The van der Waals surface area contributed by atoms with Crippen molar-refractivity contribution in [2.45, 2.75) is 22.7 Å². The lowest BCUT2D eigenvalue weighted by Crippen LogP contribution is -2.34. The van der Waals surface area contributed by atoms with Crippen molar-refractivity contribution < 1.29 is 32.3 Å². The van der Waals surface area contributed by atoms with Crippen molar-refractivity contribution in [1.82, 2.24) is 0 Å². The van der Waals surface area contributed by atoms with Crippen molar-refractivity contribution in [3.8, 4) is 0 Å². The highest BCUT2D eigenvalue weighted by atomic mass is 32.2. The molecule has 0 saturated heterocycles. The van der Waals surface area contributed by atoms with Crippen LogP contribution < -0.4 is 10.3 Å². The number of benzene rings is 3. The van der Waals surface area contributed by atoms with Crippen LogP contribution in [0.15, 0.2) is 88.9 Å². The zero-order valence-corrected chi connectivity index (χ0v) is 20.0. The van der Waals surface area contributed by atoms with Gasteiger partial charge in [-0.05, 0) is 35.9 Å². The van der Waals surface area contributed by atoms with E-state index in [0.29, 0.717) is 11.3 Å². The number of para-hydroxylation sites is 1. The number of fused-ring (bicyclic) bond motifs is 1. The third-order valence-electron chi connectivity index (χ3n) is 5.19. The van der Waals surface area contributed by atoms with E-state index in [1.54, 1.807) is 54.6 Å². The number of nitrogens with zero attached hydrogens (tertiary/aromatic N) is 2. The highest BCUT2D eigenvalue weighted by molar-refractivity contribution is 8.01. The molecule has 0 aromatic heterocycles. The average Bonchev–Trinajstić information content (AvgIpc) is 2.88. The molecule has 7 nitrogen and oxygen atoms in total. The molecule has 3 aromatic rings. The highest BCUT2D eigenvalue weighted by Gasteiger charge is 2.32. The Morgan fingerprint density at radius 2 is 1.76 bits per heavy atom. The van der Waals surface area contributed by atoms with Gasteiger partial charge in [0, 0.05) is 4.90 Å². The van der Waals surface area contributed by atoms with Gasteiger partial charge in [-0.3, -0.25) is 14.4 Å². The van der Waals surface area contributed by atoms with E-state index in [9.17, 15) is 27.6 Å². The van der Waals surface area contributed by atoms with E-state index in [-0.39, 0.29) is 18.0 Å². The molecule has 0 saturated carbocycles. The maximum Gasteiger partial charge on any atom is 0.416 e. The van der Waals surface area contributed by atoms with Crippen molar-refractivity contribution in [2.75, 3.05) is 16.9 Å². The number of carbonyl (C=O) groups excluding carboxylic acids is 3. The number of amides is 2. The van der Waals surface area contributed by atoms with E-state index in [0.717, 1.165) is 28.1 Å². The lowest BCUT2D eigenvalue weighted by molar-refractivity contribution is -0.148. The normalized spacial score (nSPS) is 15.1. The molecule has 1 atom stereocenters. The molecule has 190 valence electrons. The maximum absolute atomic E-state index is 13.2. The van der Waals surface area contributed by atoms with Crippen molar-refractivity contribution >= 4 is 47.1 Å². The molecule has 3 aromatic carbocycles. The van der Waals surface area contributed by atoms with Crippen LogP contribution in [0.3, 0.4) is 0 Å². The van der Waals surface area contributed by atoms with Crippen LogP contribution in [0.25, 0.3) is 0 Å². The first-order valence-corrected chi connectivity index (χ1v) is 11.9. The number of ether oxygens (including phenoxy) is 1. The quantitative estimate of drug-likeness (QED) is 0.262. The van der Waals surface area contributed by atoms with Crippen molar-refractivity contribution in [3.05, 3.63) is 90.0 Å². The summed E-state index contributed by atoms with van der Waals surface area (Å²) in [5, 5.41) is 6.75. The highest BCUT2D eigenvalue weighted by Crippen LogP contribution is 2.36. The Bertz CT molecular complexity index is 1330. The fourth-order valence-electron chi connectivity index (χ4n) is 3.39. The Hall–Kier alpha value is -4.12. The number of rotatable bonds is 7. The monoisotopic (exact) mass is 527 g/mol. The number of hydrogen-bond acceptors (Lipinski definition) is 6. The molecule has 0 bridgehead atoms. The summed E-state index contributed by atoms with van der Waals surface area (Å²) in [5.74, 6) is -2.05. The van der Waals surface area contributed by atoms with Gasteiger partial charge in [-0.15, -0.1) is 11.8 Å². The molecule has 1 aliphatic rings. The number of carbonyl (C=O) groups is 3. The first-order valence-electron chi connectivity index (χ1n) is 11.0. The van der Waals surface area contributed by atoms with Gasteiger partial charge in [0.05, 0.1) is 34.8 Å². The Kier molecular flexibility index (Phi) is 7.92. The van der Waals surface area contributed by atoms with Gasteiger partial charge >= 0.3 is 12.1 Å². The van der Waals surface area contributed by atoms with Gasteiger partial charge in [0.25, 0.3) is 5.91 Å². The standard InChI is InChI=1S/C26H20F3N3O4S/c27-26(28,29)18-9-6-10-19(13-18)32(30-15-17-7-2-1-3-8-17)23(33)16-36-24(34)14-22-25(35)31-20-11-4-5-12-21(20)37-22/h1-13,15,22H,14,16H2,(H,31,35). The van der Waals surface area contributed by atoms with Crippen LogP contribution >= 0.6 is 11.8 Å². The second-order valence-electron chi connectivity index (χ2n) is 7.87. The first-order chi connectivity index (χ1) is 17.7. The van der Waals surface area contributed by atoms with Crippen LogP contribution in [0.1, 0.15) is 17.5 Å². The summed E-state index contributed by atoms with van der Waals surface area (Å²) in [6.45, 7) is -0.781. The molecule has 0 radical (unpaired) electrons. The fourth-order valence-corrected chi connectivity index (χ4v) is 4.49. The molecule has 1 heterocycles. The molecule has 4 rings (SSSR count). The van der Waals surface area contributed by atoms with Crippen LogP contribution in [0.2, 0.25) is 0 Å². The fraction of sp³-hybridized carbons (Fsp3) is 0.154. The summed E-state index contributed by atoms with van der Waals surface area (Å²) in [6, 6.07) is 19.9. The van der Waals surface area contributed by atoms with Crippen molar-refractivity contribution in [1.29, 1.82) is 0 Å². The molecule has 37 heavy (non-hydrogen) atoms. The van der Waals surface area contributed by atoms with Crippen LogP contribution in [-0.2, 0) is 25.3 Å². The summed E-state index contributed by atoms with van der Waals surface area (Å²) >= 11 is 1.20. The van der Waals surface area contributed by atoms with Gasteiger partial charge in [-0.25, -0.2) is 0 Å². The number of nitrogens with one attached hydrogen (secondary N) is 1. The number of esters is 1. The summed E-state index contributed by atoms with van der Waals surface area (Å²) < 4.78 is 44.8. The third kappa shape index (κ3) is 6.76. The third-order valence-corrected chi connectivity index (χ3v) is 6.47. The second kappa shape index (κ2) is 11.3. The average molecular weight is 528 g/mol. The number of hydrazone groups is 1. The molecule has 1 unspecified atom stereocenters. The number of hydrogen-bond donors (Lipinski definition) is 1. The SMILES string of the molecule is O=C(CC1Sc2ccccc2NC1=O)OCC(=O)N(N=Cc1ccccc1)c1cccc(C(F)(F)F)c1. The second-order valence-corrected chi connectivity index (χ2v) is 9.11. The van der Waals surface area contributed by atoms with Gasteiger partial charge in [0.1, 0.15) is 0 Å². The Labute approximate surface area is 214 Å².